The molecule has 2 aromatic rings. The number of H-pyrrole nitrogens is 1. The smallest absolute Gasteiger partial charge is 0.184 e. The molecule has 1 atom stereocenters. The molecule has 2 rings (SSSR count). The zero-order chi connectivity index (χ0) is 14.9. The van der Waals surface area contributed by atoms with E-state index in [1.165, 1.54) is 6.07 Å². The number of fused-ring (bicyclic) bond motifs is 1. The average molecular weight is 299 g/mol. The first-order valence-electron chi connectivity index (χ1n) is 6.72. The van der Waals surface area contributed by atoms with Gasteiger partial charge in [0.15, 0.2) is 16.4 Å². The minimum atomic E-state index is -0.851. The van der Waals surface area contributed by atoms with Crippen LogP contribution in [0.4, 0.5) is 8.78 Å². The number of nitrogens with zero attached hydrogens (tertiary/aromatic N) is 2. The second-order valence-corrected chi connectivity index (χ2v) is 5.46. The van der Waals surface area contributed by atoms with Crippen LogP contribution >= 0.6 is 12.2 Å². The molecule has 3 nitrogen and oxygen atoms in total. The van der Waals surface area contributed by atoms with Gasteiger partial charge in [-0.2, -0.15) is 0 Å². The fourth-order valence-electron chi connectivity index (χ4n) is 2.19. The van der Waals surface area contributed by atoms with Crippen molar-refractivity contribution < 1.29 is 8.78 Å². The highest BCUT2D eigenvalue weighted by atomic mass is 32.1. The van der Waals surface area contributed by atoms with Crippen molar-refractivity contribution in [2.75, 3.05) is 13.6 Å². The van der Waals surface area contributed by atoms with Gasteiger partial charge in [0.05, 0.1) is 5.52 Å². The van der Waals surface area contributed by atoms with Crippen LogP contribution in [-0.4, -0.2) is 34.1 Å². The van der Waals surface area contributed by atoms with Crippen LogP contribution in [0, 0.1) is 16.4 Å². The van der Waals surface area contributed by atoms with Gasteiger partial charge in [-0.1, -0.05) is 6.92 Å². The summed E-state index contributed by atoms with van der Waals surface area (Å²) in [6, 6.07) is 3.06. The molecule has 1 heterocycles. The Kier molecular flexibility index (Phi) is 4.55. The SMILES string of the molecule is CCC(C)N(C)CCn1c(=S)[nH]c2ccc(F)c(F)c21. The van der Waals surface area contributed by atoms with Gasteiger partial charge in [0.25, 0.3) is 0 Å². The molecule has 1 unspecified atom stereocenters. The molecule has 0 aliphatic rings. The Bertz CT molecular complexity index is 662. The Morgan fingerprint density at radius 3 is 2.75 bits per heavy atom. The van der Waals surface area contributed by atoms with Crippen molar-refractivity contribution in [3.05, 3.63) is 28.5 Å². The summed E-state index contributed by atoms with van der Waals surface area (Å²) in [4.78, 5) is 5.09. The molecule has 20 heavy (non-hydrogen) atoms. The number of imidazole rings is 1. The maximum absolute atomic E-state index is 13.9. The van der Waals surface area contributed by atoms with Crippen LogP contribution in [0.3, 0.4) is 0 Å². The Morgan fingerprint density at radius 2 is 2.10 bits per heavy atom. The summed E-state index contributed by atoms with van der Waals surface area (Å²) in [6.45, 7) is 5.51. The molecule has 0 fully saturated rings. The zero-order valence-electron chi connectivity index (χ0n) is 11.9. The summed E-state index contributed by atoms with van der Waals surface area (Å²) in [6.07, 6.45) is 1.04. The number of benzene rings is 1. The Morgan fingerprint density at radius 1 is 1.40 bits per heavy atom. The molecule has 0 bridgehead atoms. The highest BCUT2D eigenvalue weighted by molar-refractivity contribution is 7.71. The summed E-state index contributed by atoms with van der Waals surface area (Å²) in [5, 5.41) is 0. The normalized spacial score (nSPS) is 13.3. The Hall–Kier alpha value is -1.27. The van der Waals surface area contributed by atoms with Gasteiger partial charge in [0.1, 0.15) is 5.52 Å². The molecule has 0 aliphatic carbocycles. The van der Waals surface area contributed by atoms with Gasteiger partial charge < -0.3 is 14.5 Å². The molecule has 0 saturated heterocycles. The second kappa shape index (κ2) is 6.01. The van der Waals surface area contributed by atoms with Crippen molar-refractivity contribution >= 4 is 23.3 Å². The van der Waals surface area contributed by atoms with Crippen LogP contribution in [0.25, 0.3) is 11.0 Å². The lowest BCUT2D eigenvalue weighted by Gasteiger charge is -2.23. The van der Waals surface area contributed by atoms with Gasteiger partial charge >= 0.3 is 0 Å². The van der Waals surface area contributed by atoms with Crippen molar-refractivity contribution in [1.29, 1.82) is 0 Å². The fraction of sp³-hybridized carbons (Fsp3) is 0.500. The van der Waals surface area contributed by atoms with Crippen molar-refractivity contribution in [2.24, 2.45) is 0 Å². The molecule has 0 amide bonds. The largest absolute Gasteiger partial charge is 0.330 e. The topological polar surface area (TPSA) is 24.0 Å². The summed E-state index contributed by atoms with van der Waals surface area (Å²) >= 11 is 5.20. The minimum Gasteiger partial charge on any atom is -0.330 e. The zero-order valence-corrected chi connectivity index (χ0v) is 12.7. The molecule has 6 heteroatoms. The lowest BCUT2D eigenvalue weighted by molar-refractivity contribution is 0.243. The molecule has 0 radical (unpaired) electrons. The number of halogens is 2. The summed E-state index contributed by atoms with van der Waals surface area (Å²) in [5.74, 6) is -1.70. The van der Waals surface area contributed by atoms with Gasteiger partial charge in [-0.05, 0) is 44.7 Å². The van der Waals surface area contributed by atoms with E-state index in [1.54, 1.807) is 4.57 Å². The predicted molar refractivity (Wildman–Crippen MR) is 79.4 cm³/mol. The van der Waals surface area contributed by atoms with Crippen molar-refractivity contribution in [2.45, 2.75) is 32.9 Å². The molecule has 0 spiro atoms. The maximum Gasteiger partial charge on any atom is 0.184 e. The number of likely N-dealkylation sites (N-methyl/N-ethyl adjacent to an activating group) is 1. The van der Waals surface area contributed by atoms with Crippen LogP contribution in [0.2, 0.25) is 0 Å². The van der Waals surface area contributed by atoms with E-state index in [0.717, 1.165) is 19.0 Å². The van der Waals surface area contributed by atoms with Crippen LogP contribution in [0.15, 0.2) is 12.1 Å². The first-order chi connectivity index (χ1) is 9.45. The Labute approximate surface area is 122 Å². The number of aromatic amines is 1. The summed E-state index contributed by atoms with van der Waals surface area (Å²) < 4.78 is 29.4. The van der Waals surface area contributed by atoms with E-state index < -0.39 is 11.6 Å². The van der Waals surface area contributed by atoms with Gasteiger partial charge in [0.2, 0.25) is 0 Å². The summed E-state index contributed by atoms with van der Waals surface area (Å²) in [7, 11) is 2.02. The maximum atomic E-state index is 13.9. The van der Waals surface area contributed by atoms with E-state index in [2.05, 4.69) is 23.7 Å². The number of aromatic nitrogens is 2. The van der Waals surface area contributed by atoms with Crippen molar-refractivity contribution in [3.63, 3.8) is 0 Å². The lowest BCUT2D eigenvalue weighted by Crippen LogP contribution is -2.31. The predicted octanol–water partition coefficient (Wildman–Crippen LogP) is 3.71. The van der Waals surface area contributed by atoms with Gasteiger partial charge in [-0.15, -0.1) is 0 Å². The van der Waals surface area contributed by atoms with Gasteiger partial charge in [-0.3, -0.25) is 0 Å². The molecule has 1 aromatic heterocycles. The van der Waals surface area contributed by atoms with E-state index >= 15 is 0 Å². The van der Waals surface area contributed by atoms with Gasteiger partial charge in [0, 0.05) is 19.1 Å². The third-order valence-corrected chi connectivity index (χ3v) is 4.17. The quantitative estimate of drug-likeness (QED) is 0.851. The molecule has 1 aromatic carbocycles. The molecular weight excluding hydrogens is 280 g/mol. The lowest BCUT2D eigenvalue weighted by atomic mass is 10.2. The van der Waals surface area contributed by atoms with Crippen LogP contribution in [0.5, 0.6) is 0 Å². The summed E-state index contributed by atoms with van der Waals surface area (Å²) in [5.41, 5.74) is 0.743. The highest BCUT2D eigenvalue weighted by Crippen LogP contribution is 2.20. The molecule has 0 aliphatic heterocycles. The van der Waals surface area contributed by atoms with Crippen LogP contribution in [0.1, 0.15) is 20.3 Å². The molecular formula is C14H19F2N3S. The Balaban J connectivity index is 2.33. The molecule has 110 valence electrons. The number of rotatable bonds is 5. The molecule has 0 saturated carbocycles. The monoisotopic (exact) mass is 299 g/mol. The van der Waals surface area contributed by atoms with Crippen LogP contribution < -0.4 is 0 Å². The number of hydrogen-bond acceptors (Lipinski definition) is 2. The van der Waals surface area contributed by atoms with Gasteiger partial charge in [-0.25, -0.2) is 8.78 Å². The first-order valence-corrected chi connectivity index (χ1v) is 7.13. The third-order valence-electron chi connectivity index (χ3n) is 3.85. The highest BCUT2D eigenvalue weighted by Gasteiger charge is 2.14. The van der Waals surface area contributed by atoms with E-state index in [4.69, 9.17) is 12.2 Å². The van der Waals surface area contributed by atoms with E-state index in [-0.39, 0.29) is 5.52 Å². The van der Waals surface area contributed by atoms with E-state index in [1.807, 2.05) is 7.05 Å². The third kappa shape index (κ3) is 2.76. The van der Waals surface area contributed by atoms with E-state index in [9.17, 15) is 8.78 Å². The van der Waals surface area contributed by atoms with Crippen molar-refractivity contribution in [1.82, 2.24) is 14.5 Å². The number of nitrogens with one attached hydrogen (secondary N) is 1. The number of hydrogen-bond donors (Lipinski definition) is 1. The van der Waals surface area contributed by atoms with Crippen LogP contribution in [-0.2, 0) is 6.54 Å². The standard InChI is InChI=1S/C14H19F2N3S/c1-4-9(2)18(3)7-8-19-13-11(17-14(19)20)6-5-10(15)12(13)16/h5-6,9H,4,7-8H2,1-3H3,(H,17,20). The van der Waals surface area contributed by atoms with E-state index in [0.29, 0.717) is 22.9 Å². The fourth-order valence-corrected chi connectivity index (χ4v) is 2.48. The second-order valence-electron chi connectivity index (χ2n) is 5.08. The average Bonchev–Trinajstić information content (AvgIpc) is 2.76. The minimum absolute atomic E-state index is 0.215. The molecule has 1 N–H and O–H groups in total. The van der Waals surface area contributed by atoms with Crippen molar-refractivity contribution in [3.8, 4) is 0 Å². The first kappa shape index (κ1) is 15.1.